The minimum Gasteiger partial charge on any atom is -0.367 e. The summed E-state index contributed by atoms with van der Waals surface area (Å²) < 4.78 is 0. The van der Waals surface area contributed by atoms with Crippen molar-refractivity contribution in [2.45, 2.75) is 19.8 Å². The molecule has 2 amide bonds. The van der Waals surface area contributed by atoms with Crippen molar-refractivity contribution in [2.24, 2.45) is 0 Å². The number of amides is 2. The van der Waals surface area contributed by atoms with Gasteiger partial charge in [0.2, 0.25) is 5.91 Å². The zero-order valence-electron chi connectivity index (χ0n) is 15.5. The number of hydrogen-bond donors (Lipinski definition) is 2. The van der Waals surface area contributed by atoms with E-state index in [1.165, 1.54) is 0 Å². The molecule has 0 unspecified atom stereocenters. The normalized spacial score (nSPS) is 15.1. The number of rotatable bonds is 3. The topological polar surface area (TPSA) is 72.2 Å². The van der Waals surface area contributed by atoms with Gasteiger partial charge in [0.25, 0.3) is 5.91 Å². The first-order valence-electron chi connectivity index (χ1n) is 9.39. The van der Waals surface area contributed by atoms with E-state index in [1.807, 2.05) is 34.9 Å². The van der Waals surface area contributed by atoms with Crippen LogP contribution >= 0.6 is 0 Å². The molecule has 0 atom stereocenters. The molecule has 3 heterocycles. The van der Waals surface area contributed by atoms with Crippen molar-refractivity contribution in [1.29, 1.82) is 0 Å². The standard InChI is InChI=1S/C21H24N4O2/c1-15-18(17-5-2-3-6-19(17)23-15)13-20(26)24-9-4-10-25(12-11-24)21(27)16-7-8-22-14-16/h2-3,5-8,14,22-23H,4,9-13H2,1H3. The largest absolute Gasteiger partial charge is 0.367 e. The molecule has 1 fully saturated rings. The summed E-state index contributed by atoms with van der Waals surface area (Å²) in [6.45, 7) is 4.54. The smallest absolute Gasteiger partial charge is 0.255 e. The second-order valence-corrected chi connectivity index (χ2v) is 7.08. The van der Waals surface area contributed by atoms with Crippen molar-refractivity contribution >= 4 is 22.7 Å². The Kier molecular flexibility index (Phi) is 4.71. The number of benzene rings is 1. The number of hydrogen-bond acceptors (Lipinski definition) is 2. The lowest BCUT2D eigenvalue weighted by molar-refractivity contribution is -0.130. The molecule has 1 aromatic carbocycles. The number of para-hydroxylation sites is 1. The molecule has 0 spiro atoms. The van der Waals surface area contributed by atoms with Gasteiger partial charge in [-0.25, -0.2) is 0 Å². The van der Waals surface area contributed by atoms with Crippen molar-refractivity contribution in [2.75, 3.05) is 26.2 Å². The van der Waals surface area contributed by atoms with E-state index in [0.29, 0.717) is 38.2 Å². The van der Waals surface area contributed by atoms with Crippen molar-refractivity contribution in [3.63, 3.8) is 0 Å². The molecule has 27 heavy (non-hydrogen) atoms. The Labute approximate surface area is 158 Å². The molecule has 6 nitrogen and oxygen atoms in total. The van der Waals surface area contributed by atoms with Gasteiger partial charge < -0.3 is 19.8 Å². The maximum Gasteiger partial charge on any atom is 0.255 e. The second kappa shape index (κ2) is 7.31. The van der Waals surface area contributed by atoms with E-state index in [-0.39, 0.29) is 11.8 Å². The fourth-order valence-electron chi connectivity index (χ4n) is 3.84. The number of aromatic amines is 2. The molecule has 4 rings (SSSR count). The maximum absolute atomic E-state index is 12.9. The number of fused-ring (bicyclic) bond motifs is 1. The summed E-state index contributed by atoms with van der Waals surface area (Å²) in [5.74, 6) is 0.150. The van der Waals surface area contributed by atoms with E-state index in [4.69, 9.17) is 0 Å². The molecule has 1 saturated heterocycles. The van der Waals surface area contributed by atoms with Gasteiger partial charge in [-0.15, -0.1) is 0 Å². The molecular weight excluding hydrogens is 340 g/mol. The van der Waals surface area contributed by atoms with Crippen LogP contribution in [0.4, 0.5) is 0 Å². The zero-order chi connectivity index (χ0) is 18.8. The number of carbonyl (C=O) groups is 2. The Bertz CT molecular complexity index is 958. The highest BCUT2D eigenvalue weighted by Gasteiger charge is 2.24. The Morgan fingerprint density at radius 2 is 1.81 bits per heavy atom. The summed E-state index contributed by atoms with van der Waals surface area (Å²) >= 11 is 0. The molecule has 0 aliphatic carbocycles. The van der Waals surface area contributed by atoms with Gasteiger partial charge in [0, 0.05) is 55.2 Å². The van der Waals surface area contributed by atoms with Crippen LogP contribution in [0.5, 0.6) is 0 Å². The average Bonchev–Trinajstić information content (AvgIpc) is 3.23. The molecule has 0 saturated carbocycles. The molecule has 6 heteroatoms. The Morgan fingerprint density at radius 3 is 2.63 bits per heavy atom. The van der Waals surface area contributed by atoms with Crippen molar-refractivity contribution < 1.29 is 9.59 Å². The van der Waals surface area contributed by atoms with Gasteiger partial charge in [-0.3, -0.25) is 9.59 Å². The van der Waals surface area contributed by atoms with E-state index in [9.17, 15) is 9.59 Å². The van der Waals surface area contributed by atoms with Crippen LogP contribution in [0.15, 0.2) is 42.7 Å². The van der Waals surface area contributed by atoms with Crippen LogP contribution in [0.25, 0.3) is 10.9 Å². The molecule has 140 valence electrons. The minimum atomic E-state index is 0.0259. The number of carbonyl (C=O) groups excluding carboxylic acids is 2. The van der Waals surface area contributed by atoms with Gasteiger partial charge in [0.1, 0.15) is 0 Å². The van der Waals surface area contributed by atoms with Gasteiger partial charge in [0.15, 0.2) is 0 Å². The quantitative estimate of drug-likeness (QED) is 0.750. The van der Waals surface area contributed by atoms with E-state index >= 15 is 0 Å². The van der Waals surface area contributed by atoms with Crippen LogP contribution in [0.3, 0.4) is 0 Å². The molecule has 0 radical (unpaired) electrons. The monoisotopic (exact) mass is 364 g/mol. The fourth-order valence-corrected chi connectivity index (χ4v) is 3.84. The summed E-state index contributed by atoms with van der Waals surface area (Å²) in [5, 5.41) is 1.11. The van der Waals surface area contributed by atoms with Crippen LogP contribution in [0.1, 0.15) is 28.0 Å². The van der Waals surface area contributed by atoms with Gasteiger partial charge >= 0.3 is 0 Å². The lowest BCUT2D eigenvalue weighted by atomic mass is 10.1. The fraction of sp³-hybridized carbons (Fsp3) is 0.333. The lowest BCUT2D eigenvalue weighted by Gasteiger charge is -2.22. The van der Waals surface area contributed by atoms with Gasteiger partial charge in [-0.2, -0.15) is 0 Å². The third-order valence-electron chi connectivity index (χ3n) is 5.34. The van der Waals surface area contributed by atoms with Crippen molar-refractivity contribution in [3.8, 4) is 0 Å². The molecule has 2 N–H and O–H groups in total. The van der Waals surface area contributed by atoms with Crippen LogP contribution in [0, 0.1) is 6.92 Å². The molecule has 0 bridgehead atoms. The summed E-state index contributed by atoms with van der Waals surface area (Å²) in [5.41, 5.74) is 3.85. The Balaban J connectivity index is 1.44. The SMILES string of the molecule is Cc1[nH]c2ccccc2c1CC(=O)N1CCCN(C(=O)c2cc[nH]c2)CC1. The number of aromatic nitrogens is 2. The molecule has 2 aromatic heterocycles. The second-order valence-electron chi connectivity index (χ2n) is 7.08. The summed E-state index contributed by atoms with van der Waals surface area (Å²) in [4.78, 5) is 35.5. The predicted molar refractivity (Wildman–Crippen MR) is 105 cm³/mol. The van der Waals surface area contributed by atoms with Gasteiger partial charge in [-0.1, -0.05) is 18.2 Å². The van der Waals surface area contributed by atoms with Crippen LogP contribution < -0.4 is 0 Å². The number of nitrogens with zero attached hydrogens (tertiary/aromatic N) is 2. The van der Waals surface area contributed by atoms with Crippen LogP contribution in [-0.2, 0) is 11.2 Å². The van der Waals surface area contributed by atoms with Crippen molar-refractivity contribution in [3.05, 3.63) is 59.5 Å². The maximum atomic E-state index is 12.9. The van der Waals surface area contributed by atoms with E-state index in [0.717, 1.165) is 28.6 Å². The number of aryl methyl sites for hydroxylation is 1. The number of nitrogens with one attached hydrogen (secondary N) is 2. The van der Waals surface area contributed by atoms with E-state index in [2.05, 4.69) is 16.0 Å². The molecule has 1 aliphatic rings. The Morgan fingerprint density at radius 1 is 1.04 bits per heavy atom. The zero-order valence-corrected chi connectivity index (χ0v) is 15.5. The lowest BCUT2D eigenvalue weighted by Crippen LogP contribution is -2.38. The first kappa shape index (κ1) is 17.4. The highest BCUT2D eigenvalue weighted by atomic mass is 16.2. The van der Waals surface area contributed by atoms with Crippen LogP contribution in [-0.4, -0.2) is 57.8 Å². The molecular formula is C21H24N4O2. The minimum absolute atomic E-state index is 0.0259. The summed E-state index contributed by atoms with van der Waals surface area (Å²) in [7, 11) is 0. The van der Waals surface area contributed by atoms with Crippen molar-refractivity contribution in [1.82, 2.24) is 19.8 Å². The first-order chi connectivity index (χ1) is 13.1. The number of H-pyrrole nitrogens is 2. The molecule has 1 aliphatic heterocycles. The third-order valence-corrected chi connectivity index (χ3v) is 5.34. The summed E-state index contributed by atoms with van der Waals surface area (Å²) in [6, 6.07) is 9.87. The van der Waals surface area contributed by atoms with Crippen LogP contribution in [0.2, 0.25) is 0 Å². The van der Waals surface area contributed by atoms with Gasteiger partial charge in [0.05, 0.1) is 12.0 Å². The summed E-state index contributed by atoms with van der Waals surface area (Å²) in [6.07, 6.45) is 4.66. The van der Waals surface area contributed by atoms with E-state index in [1.54, 1.807) is 18.5 Å². The molecule has 3 aromatic rings. The third kappa shape index (κ3) is 3.47. The van der Waals surface area contributed by atoms with Gasteiger partial charge in [-0.05, 0) is 31.0 Å². The first-order valence-corrected chi connectivity index (χ1v) is 9.39. The average molecular weight is 364 g/mol. The highest BCUT2D eigenvalue weighted by Crippen LogP contribution is 2.23. The highest BCUT2D eigenvalue weighted by molar-refractivity contribution is 5.94. The Hall–Kier alpha value is -3.02. The van der Waals surface area contributed by atoms with E-state index < -0.39 is 0 Å². The predicted octanol–water partition coefficient (Wildman–Crippen LogP) is 2.72.